The zero-order chi connectivity index (χ0) is 11.8. The number of nitrogens with one attached hydrogen (secondary N) is 1. The summed E-state index contributed by atoms with van der Waals surface area (Å²) in [4.78, 5) is 4.13. The van der Waals surface area contributed by atoms with Crippen LogP contribution in [0.5, 0.6) is 0 Å². The monoisotopic (exact) mass is 236 g/mol. The second kappa shape index (κ2) is 4.09. The first-order valence-corrected chi connectivity index (χ1v) is 5.93. The second-order valence-corrected chi connectivity index (χ2v) is 4.90. The molecule has 0 amide bonds. The molecular formula is C13H14F2N2. The first-order chi connectivity index (χ1) is 8.22. The van der Waals surface area contributed by atoms with Gasteiger partial charge in [-0.05, 0) is 48.4 Å². The van der Waals surface area contributed by atoms with Crippen molar-refractivity contribution >= 4 is 6.34 Å². The van der Waals surface area contributed by atoms with Crippen molar-refractivity contribution in [2.24, 2.45) is 10.9 Å². The molecular weight excluding hydrogens is 222 g/mol. The Morgan fingerprint density at radius 3 is 2.35 bits per heavy atom. The van der Waals surface area contributed by atoms with Crippen LogP contribution in [0.25, 0.3) is 0 Å². The van der Waals surface area contributed by atoms with Gasteiger partial charge in [0.05, 0.1) is 12.9 Å². The van der Waals surface area contributed by atoms with Crippen LogP contribution in [0.2, 0.25) is 0 Å². The van der Waals surface area contributed by atoms with Crippen molar-refractivity contribution in [2.75, 3.05) is 6.54 Å². The lowest BCUT2D eigenvalue weighted by Gasteiger charge is -2.14. The second-order valence-electron chi connectivity index (χ2n) is 4.90. The number of aliphatic imine (C=N–C) groups is 1. The van der Waals surface area contributed by atoms with E-state index in [9.17, 15) is 8.78 Å². The highest BCUT2D eigenvalue weighted by molar-refractivity contribution is 5.57. The van der Waals surface area contributed by atoms with Gasteiger partial charge in [0.15, 0.2) is 11.6 Å². The van der Waals surface area contributed by atoms with Crippen LogP contribution in [-0.4, -0.2) is 18.9 Å². The lowest BCUT2D eigenvalue weighted by molar-refractivity contribution is 0.444. The Labute approximate surface area is 98.8 Å². The van der Waals surface area contributed by atoms with E-state index in [1.807, 2.05) is 0 Å². The van der Waals surface area contributed by atoms with Crippen LogP contribution in [0.4, 0.5) is 8.78 Å². The van der Waals surface area contributed by atoms with E-state index in [2.05, 4.69) is 10.3 Å². The minimum absolute atomic E-state index is 0.393. The molecule has 1 aromatic carbocycles. The highest BCUT2D eigenvalue weighted by atomic mass is 19.2. The van der Waals surface area contributed by atoms with Crippen LogP contribution in [0.15, 0.2) is 17.1 Å². The minimum atomic E-state index is -0.730. The van der Waals surface area contributed by atoms with Gasteiger partial charge in [-0.25, -0.2) is 8.78 Å². The van der Waals surface area contributed by atoms with Crippen molar-refractivity contribution in [3.63, 3.8) is 0 Å². The summed E-state index contributed by atoms with van der Waals surface area (Å²) in [5, 5.41) is 3.19. The molecule has 17 heavy (non-hydrogen) atoms. The standard InChI is InChI=1S/C13H14F2N2/c14-12-4-9-1-8(2-10(9)5-13(12)15)3-11-6-16-7-17-11/h4-5,7-8,11H,1-3,6H2,(H,16,17)/t11-/m1/s1. The Kier molecular flexibility index (Phi) is 2.57. The molecule has 2 nitrogen and oxygen atoms in total. The van der Waals surface area contributed by atoms with Crippen LogP contribution < -0.4 is 5.32 Å². The average Bonchev–Trinajstić information content (AvgIpc) is 2.89. The third kappa shape index (κ3) is 2.04. The summed E-state index contributed by atoms with van der Waals surface area (Å²) in [5.74, 6) is -0.983. The third-order valence-electron chi connectivity index (χ3n) is 3.60. The third-order valence-corrected chi connectivity index (χ3v) is 3.60. The van der Waals surface area contributed by atoms with Gasteiger partial charge in [0.1, 0.15) is 0 Å². The van der Waals surface area contributed by atoms with E-state index in [4.69, 9.17) is 0 Å². The Morgan fingerprint density at radius 1 is 1.18 bits per heavy atom. The van der Waals surface area contributed by atoms with Crippen molar-refractivity contribution in [1.82, 2.24) is 5.32 Å². The molecule has 0 unspecified atom stereocenters. The normalized spacial score (nSPS) is 22.8. The number of hydrogen-bond donors (Lipinski definition) is 1. The van der Waals surface area contributed by atoms with E-state index in [-0.39, 0.29) is 0 Å². The molecule has 90 valence electrons. The van der Waals surface area contributed by atoms with Gasteiger partial charge in [0, 0.05) is 6.04 Å². The molecule has 0 spiro atoms. The van der Waals surface area contributed by atoms with E-state index in [0.717, 1.165) is 36.9 Å². The van der Waals surface area contributed by atoms with Crippen molar-refractivity contribution in [2.45, 2.75) is 25.3 Å². The smallest absolute Gasteiger partial charge is 0.159 e. The summed E-state index contributed by atoms with van der Waals surface area (Å²) in [6.45, 7) is 0.815. The van der Waals surface area contributed by atoms with Crippen LogP contribution >= 0.6 is 0 Å². The van der Waals surface area contributed by atoms with Crippen LogP contribution in [0.1, 0.15) is 17.5 Å². The quantitative estimate of drug-likeness (QED) is 0.835. The molecule has 0 aromatic heterocycles. The van der Waals surface area contributed by atoms with Gasteiger partial charge in [-0.3, -0.25) is 4.99 Å². The molecule has 2 aliphatic rings. The van der Waals surface area contributed by atoms with Gasteiger partial charge in [0.2, 0.25) is 0 Å². The van der Waals surface area contributed by atoms with E-state index < -0.39 is 11.6 Å². The van der Waals surface area contributed by atoms with E-state index in [0.29, 0.717) is 12.0 Å². The lowest BCUT2D eigenvalue weighted by Crippen LogP contribution is -2.27. The van der Waals surface area contributed by atoms with Crippen molar-refractivity contribution in [3.8, 4) is 0 Å². The molecule has 1 heterocycles. The first kappa shape index (κ1) is 10.7. The molecule has 1 aliphatic heterocycles. The number of nitrogens with zero attached hydrogens (tertiary/aromatic N) is 1. The maximum Gasteiger partial charge on any atom is 0.159 e. The fourth-order valence-corrected chi connectivity index (χ4v) is 2.81. The van der Waals surface area contributed by atoms with E-state index in [1.54, 1.807) is 6.34 Å². The highest BCUT2D eigenvalue weighted by Gasteiger charge is 2.26. The Morgan fingerprint density at radius 2 is 1.82 bits per heavy atom. The molecule has 1 aliphatic carbocycles. The van der Waals surface area contributed by atoms with E-state index in [1.165, 1.54) is 12.1 Å². The van der Waals surface area contributed by atoms with Gasteiger partial charge < -0.3 is 5.32 Å². The van der Waals surface area contributed by atoms with Gasteiger partial charge in [-0.2, -0.15) is 0 Å². The van der Waals surface area contributed by atoms with Crippen molar-refractivity contribution in [3.05, 3.63) is 34.9 Å². The van der Waals surface area contributed by atoms with Crippen LogP contribution in [-0.2, 0) is 12.8 Å². The van der Waals surface area contributed by atoms with Crippen molar-refractivity contribution < 1.29 is 8.78 Å². The van der Waals surface area contributed by atoms with E-state index >= 15 is 0 Å². The average molecular weight is 236 g/mol. The van der Waals surface area contributed by atoms with Gasteiger partial charge >= 0.3 is 0 Å². The SMILES string of the molecule is Fc1cc2c(cc1F)CC(C[C@@H]1CN=CN1)C2. The highest BCUT2D eigenvalue weighted by Crippen LogP contribution is 2.31. The minimum Gasteiger partial charge on any atom is -0.372 e. The van der Waals surface area contributed by atoms with Gasteiger partial charge in [-0.1, -0.05) is 0 Å². The molecule has 3 rings (SSSR count). The first-order valence-electron chi connectivity index (χ1n) is 5.93. The molecule has 4 heteroatoms. The molecule has 0 bridgehead atoms. The maximum atomic E-state index is 13.1. The van der Waals surface area contributed by atoms with Crippen LogP contribution in [0, 0.1) is 17.6 Å². The maximum absolute atomic E-state index is 13.1. The van der Waals surface area contributed by atoms with Crippen LogP contribution in [0.3, 0.4) is 0 Å². The summed E-state index contributed by atoms with van der Waals surface area (Å²) < 4.78 is 26.2. The largest absolute Gasteiger partial charge is 0.372 e. The lowest BCUT2D eigenvalue weighted by atomic mass is 9.97. The summed E-state index contributed by atoms with van der Waals surface area (Å²) in [6.07, 6.45) is 4.46. The fourth-order valence-electron chi connectivity index (χ4n) is 2.81. The molecule has 1 aromatic rings. The summed E-state index contributed by atoms with van der Waals surface area (Å²) in [5.41, 5.74) is 1.93. The molecule has 1 N–H and O–H groups in total. The zero-order valence-corrected chi connectivity index (χ0v) is 9.42. The molecule has 0 radical (unpaired) electrons. The predicted octanol–water partition coefficient (Wildman–Crippen LogP) is 2.07. The number of benzene rings is 1. The summed E-state index contributed by atoms with van der Waals surface area (Å²) in [7, 11) is 0. The fraction of sp³-hybridized carbons (Fsp3) is 0.462. The number of fused-ring (bicyclic) bond motifs is 1. The summed E-state index contributed by atoms with van der Waals surface area (Å²) in [6, 6.07) is 3.09. The number of rotatable bonds is 2. The number of hydrogen-bond acceptors (Lipinski definition) is 2. The number of halogens is 2. The Hall–Kier alpha value is -1.45. The van der Waals surface area contributed by atoms with Crippen molar-refractivity contribution in [1.29, 1.82) is 0 Å². The predicted molar refractivity (Wildman–Crippen MR) is 62.2 cm³/mol. The molecule has 0 saturated carbocycles. The van der Waals surface area contributed by atoms with Gasteiger partial charge in [0.25, 0.3) is 0 Å². The zero-order valence-electron chi connectivity index (χ0n) is 9.42. The summed E-state index contributed by atoms with van der Waals surface area (Å²) >= 11 is 0. The molecule has 0 fully saturated rings. The topological polar surface area (TPSA) is 24.4 Å². The Bertz CT molecular complexity index is 432. The van der Waals surface area contributed by atoms with Gasteiger partial charge in [-0.15, -0.1) is 0 Å². The Balaban J connectivity index is 1.70. The molecule has 0 saturated heterocycles. The molecule has 1 atom stereocenters.